The van der Waals surface area contributed by atoms with Gasteiger partial charge in [-0.05, 0) is 54.6 Å². The van der Waals surface area contributed by atoms with Gasteiger partial charge < -0.3 is 14.8 Å². The summed E-state index contributed by atoms with van der Waals surface area (Å²) < 4.78 is 41.3. The predicted octanol–water partition coefficient (Wildman–Crippen LogP) is 4.09. The molecule has 0 radical (unpaired) electrons. The highest BCUT2D eigenvalue weighted by molar-refractivity contribution is 7.92. The SMILES string of the molecule is O=C(Nc1cccc(-n2cccn2)c1)c1cccc(NS(=O)(=O)c2ccc3c(c2)OCCCO3)c1. The van der Waals surface area contributed by atoms with E-state index in [0.717, 1.165) is 12.1 Å². The number of fused-ring (bicyclic) bond motifs is 1. The molecule has 4 aromatic rings. The number of benzene rings is 3. The van der Waals surface area contributed by atoms with Crippen molar-refractivity contribution in [2.24, 2.45) is 0 Å². The number of carbonyl (C=O) groups excluding carboxylic acids is 1. The van der Waals surface area contributed by atoms with Gasteiger partial charge in [-0.2, -0.15) is 5.10 Å². The zero-order valence-electron chi connectivity index (χ0n) is 18.5. The molecule has 35 heavy (non-hydrogen) atoms. The van der Waals surface area contributed by atoms with E-state index in [1.54, 1.807) is 53.5 Å². The summed E-state index contributed by atoms with van der Waals surface area (Å²) in [7, 11) is -3.92. The van der Waals surface area contributed by atoms with Crippen molar-refractivity contribution in [2.75, 3.05) is 23.3 Å². The van der Waals surface area contributed by atoms with E-state index < -0.39 is 10.0 Å². The van der Waals surface area contributed by atoms with Crippen molar-refractivity contribution in [1.82, 2.24) is 9.78 Å². The minimum absolute atomic E-state index is 0.0343. The minimum Gasteiger partial charge on any atom is -0.490 e. The van der Waals surface area contributed by atoms with E-state index in [1.807, 2.05) is 18.2 Å². The van der Waals surface area contributed by atoms with Crippen LogP contribution >= 0.6 is 0 Å². The van der Waals surface area contributed by atoms with Gasteiger partial charge in [0.05, 0.1) is 23.8 Å². The zero-order chi connectivity index (χ0) is 24.3. The highest BCUT2D eigenvalue weighted by atomic mass is 32.2. The molecule has 1 aliphatic heterocycles. The van der Waals surface area contributed by atoms with E-state index >= 15 is 0 Å². The topological polar surface area (TPSA) is 112 Å². The first kappa shape index (κ1) is 22.5. The summed E-state index contributed by atoms with van der Waals surface area (Å²) in [6, 6.07) is 19.8. The zero-order valence-corrected chi connectivity index (χ0v) is 19.4. The Balaban J connectivity index is 1.32. The first-order valence-corrected chi connectivity index (χ1v) is 12.4. The lowest BCUT2D eigenvalue weighted by Gasteiger charge is -2.12. The lowest BCUT2D eigenvalue weighted by atomic mass is 10.2. The number of nitrogens with zero attached hydrogens (tertiary/aromatic N) is 2. The molecular weight excluding hydrogens is 468 g/mol. The Hall–Kier alpha value is -4.31. The van der Waals surface area contributed by atoms with Gasteiger partial charge in [0, 0.05) is 41.8 Å². The Labute approximate surface area is 202 Å². The number of nitrogens with one attached hydrogen (secondary N) is 2. The fraction of sp³-hybridized carbons (Fsp3) is 0.120. The molecule has 0 bridgehead atoms. The van der Waals surface area contributed by atoms with Crippen LogP contribution in [0.2, 0.25) is 0 Å². The number of sulfonamides is 1. The Bertz CT molecular complexity index is 1470. The number of hydrogen-bond acceptors (Lipinski definition) is 6. The van der Waals surface area contributed by atoms with E-state index in [4.69, 9.17) is 9.47 Å². The molecule has 0 fully saturated rings. The standard InChI is InChI=1S/C25H22N4O5S/c30-25(27-19-6-2-8-21(16-19)29-12-3-11-26-29)18-5-1-7-20(15-18)28-35(31,32)22-9-10-23-24(17-22)34-14-4-13-33-23/h1-3,5-12,15-17,28H,4,13-14H2,(H,27,30). The molecule has 0 aliphatic carbocycles. The van der Waals surface area contributed by atoms with Crippen LogP contribution in [0.25, 0.3) is 5.69 Å². The first-order chi connectivity index (χ1) is 17.0. The van der Waals surface area contributed by atoms with Crippen molar-refractivity contribution in [3.8, 4) is 17.2 Å². The van der Waals surface area contributed by atoms with Crippen LogP contribution < -0.4 is 19.5 Å². The van der Waals surface area contributed by atoms with Gasteiger partial charge in [-0.3, -0.25) is 9.52 Å². The monoisotopic (exact) mass is 490 g/mol. The van der Waals surface area contributed by atoms with E-state index in [0.29, 0.717) is 36.0 Å². The third-order valence-corrected chi connectivity index (χ3v) is 6.66. The Kier molecular flexibility index (Phi) is 6.11. The molecule has 0 unspecified atom stereocenters. The lowest BCUT2D eigenvalue weighted by molar-refractivity contribution is 0.102. The molecule has 1 amide bonds. The molecule has 1 aliphatic rings. The molecule has 0 atom stereocenters. The third-order valence-electron chi connectivity index (χ3n) is 5.28. The van der Waals surface area contributed by atoms with Crippen molar-refractivity contribution in [1.29, 1.82) is 0 Å². The minimum atomic E-state index is -3.92. The van der Waals surface area contributed by atoms with Gasteiger partial charge in [0.15, 0.2) is 11.5 Å². The highest BCUT2D eigenvalue weighted by Gasteiger charge is 2.19. The molecule has 2 heterocycles. The molecule has 1 aromatic heterocycles. The summed E-state index contributed by atoms with van der Waals surface area (Å²) in [6.45, 7) is 0.964. The van der Waals surface area contributed by atoms with E-state index in [9.17, 15) is 13.2 Å². The molecule has 0 saturated carbocycles. The van der Waals surface area contributed by atoms with Gasteiger partial charge in [0.1, 0.15) is 0 Å². The summed E-state index contributed by atoms with van der Waals surface area (Å²) in [6.07, 6.45) is 4.20. The summed E-state index contributed by atoms with van der Waals surface area (Å²) >= 11 is 0. The van der Waals surface area contributed by atoms with Crippen molar-refractivity contribution >= 4 is 27.3 Å². The molecule has 2 N–H and O–H groups in total. The second-order valence-corrected chi connectivity index (χ2v) is 9.48. The molecular formula is C25H22N4O5S. The maximum Gasteiger partial charge on any atom is 0.262 e. The number of hydrogen-bond donors (Lipinski definition) is 2. The molecule has 3 aromatic carbocycles. The first-order valence-electron chi connectivity index (χ1n) is 10.9. The maximum absolute atomic E-state index is 13.0. The second-order valence-electron chi connectivity index (χ2n) is 7.80. The van der Waals surface area contributed by atoms with Crippen molar-refractivity contribution < 1.29 is 22.7 Å². The molecule has 0 saturated heterocycles. The Morgan fingerprint density at radius 3 is 2.51 bits per heavy atom. The number of rotatable bonds is 6. The van der Waals surface area contributed by atoms with Gasteiger partial charge in [0.25, 0.3) is 15.9 Å². The fourth-order valence-electron chi connectivity index (χ4n) is 3.60. The lowest BCUT2D eigenvalue weighted by Crippen LogP contribution is -2.15. The normalized spacial score (nSPS) is 13.0. The average Bonchev–Trinajstić information content (AvgIpc) is 3.29. The number of ether oxygens (including phenoxy) is 2. The van der Waals surface area contributed by atoms with Gasteiger partial charge in [0.2, 0.25) is 0 Å². The van der Waals surface area contributed by atoms with Gasteiger partial charge >= 0.3 is 0 Å². The van der Waals surface area contributed by atoms with E-state index in [-0.39, 0.29) is 16.5 Å². The predicted molar refractivity (Wildman–Crippen MR) is 131 cm³/mol. The van der Waals surface area contributed by atoms with Crippen LogP contribution in [0.1, 0.15) is 16.8 Å². The average molecular weight is 491 g/mol. The molecule has 9 nitrogen and oxygen atoms in total. The Morgan fingerprint density at radius 2 is 1.69 bits per heavy atom. The largest absolute Gasteiger partial charge is 0.490 e. The third kappa shape index (κ3) is 5.12. The van der Waals surface area contributed by atoms with Crippen molar-refractivity contribution in [3.05, 3.63) is 90.8 Å². The summed E-state index contributed by atoms with van der Waals surface area (Å²) in [5, 5.41) is 7.02. The van der Waals surface area contributed by atoms with Gasteiger partial charge in [-0.1, -0.05) is 12.1 Å². The number of amides is 1. The maximum atomic E-state index is 13.0. The van der Waals surface area contributed by atoms with Crippen LogP contribution in [-0.4, -0.2) is 37.3 Å². The summed E-state index contributed by atoms with van der Waals surface area (Å²) in [5.74, 6) is 0.520. The van der Waals surface area contributed by atoms with Crippen LogP contribution in [0.4, 0.5) is 11.4 Å². The van der Waals surface area contributed by atoms with E-state index in [2.05, 4.69) is 15.1 Å². The van der Waals surface area contributed by atoms with Crippen molar-refractivity contribution in [3.63, 3.8) is 0 Å². The van der Waals surface area contributed by atoms with Gasteiger partial charge in [-0.15, -0.1) is 0 Å². The highest BCUT2D eigenvalue weighted by Crippen LogP contribution is 2.32. The van der Waals surface area contributed by atoms with E-state index in [1.165, 1.54) is 18.2 Å². The van der Waals surface area contributed by atoms with Crippen LogP contribution in [0.15, 0.2) is 90.1 Å². The Morgan fingerprint density at radius 1 is 0.886 bits per heavy atom. The molecule has 10 heteroatoms. The summed E-state index contributed by atoms with van der Waals surface area (Å²) in [4.78, 5) is 12.9. The summed E-state index contributed by atoms with van der Waals surface area (Å²) in [5.41, 5.74) is 1.94. The smallest absolute Gasteiger partial charge is 0.262 e. The number of carbonyl (C=O) groups is 1. The number of anilines is 2. The van der Waals surface area contributed by atoms with Crippen LogP contribution in [0.5, 0.6) is 11.5 Å². The van der Waals surface area contributed by atoms with Crippen molar-refractivity contribution in [2.45, 2.75) is 11.3 Å². The quantitative estimate of drug-likeness (QED) is 0.421. The molecule has 5 rings (SSSR count). The van der Waals surface area contributed by atoms with Crippen LogP contribution in [0, 0.1) is 0 Å². The number of aromatic nitrogens is 2. The van der Waals surface area contributed by atoms with Gasteiger partial charge in [-0.25, -0.2) is 13.1 Å². The van der Waals surface area contributed by atoms with Crippen LogP contribution in [0.3, 0.4) is 0 Å². The van der Waals surface area contributed by atoms with Crippen LogP contribution in [-0.2, 0) is 10.0 Å². The fourth-order valence-corrected chi connectivity index (χ4v) is 4.66. The molecule has 0 spiro atoms. The second kappa shape index (κ2) is 9.51. The molecule has 178 valence electrons.